The van der Waals surface area contributed by atoms with Crippen LogP contribution in [0, 0.1) is 11.3 Å². The van der Waals surface area contributed by atoms with Crippen molar-refractivity contribution in [2.24, 2.45) is 0 Å². The van der Waals surface area contributed by atoms with E-state index in [4.69, 9.17) is 10.00 Å². The summed E-state index contributed by atoms with van der Waals surface area (Å²) in [6.45, 7) is 1.95. The maximum absolute atomic E-state index is 11.4. The Bertz CT molecular complexity index is 401. The van der Waals surface area contributed by atoms with E-state index in [1.807, 2.05) is 6.07 Å². The molecule has 15 heavy (non-hydrogen) atoms. The Morgan fingerprint density at radius 3 is 3.07 bits per heavy atom. The number of esters is 1. The van der Waals surface area contributed by atoms with Gasteiger partial charge in [-0.25, -0.2) is 0 Å². The molecule has 0 amide bonds. The second-order valence-electron chi connectivity index (χ2n) is 2.71. The van der Waals surface area contributed by atoms with Gasteiger partial charge in [-0.05, 0) is 19.1 Å². The van der Waals surface area contributed by atoms with Crippen molar-refractivity contribution >= 4 is 21.9 Å². The van der Waals surface area contributed by atoms with Gasteiger partial charge in [-0.15, -0.1) is 0 Å². The summed E-state index contributed by atoms with van der Waals surface area (Å²) in [6.07, 6.45) is 1.53. The second-order valence-corrected chi connectivity index (χ2v) is 3.63. The quantitative estimate of drug-likeness (QED) is 0.787. The highest BCUT2D eigenvalue weighted by Crippen LogP contribution is 2.18. The first-order valence-electron chi connectivity index (χ1n) is 4.36. The molecule has 0 N–H and O–H groups in total. The van der Waals surface area contributed by atoms with Crippen molar-refractivity contribution in [1.29, 1.82) is 5.26 Å². The molecule has 1 atom stereocenters. The van der Waals surface area contributed by atoms with Gasteiger partial charge in [0.05, 0.1) is 18.4 Å². The predicted molar refractivity (Wildman–Crippen MR) is 56.9 cm³/mol. The van der Waals surface area contributed by atoms with E-state index < -0.39 is 11.9 Å². The summed E-state index contributed by atoms with van der Waals surface area (Å²) in [5, 5.41) is 8.86. The van der Waals surface area contributed by atoms with Gasteiger partial charge in [-0.3, -0.25) is 9.78 Å². The second kappa shape index (κ2) is 5.47. The molecular formula is C10H9BrN2O2. The first-order valence-corrected chi connectivity index (χ1v) is 5.16. The Hall–Kier alpha value is -1.41. The third kappa shape index (κ3) is 3.03. The lowest BCUT2D eigenvalue weighted by Crippen LogP contribution is -2.15. The van der Waals surface area contributed by atoms with Crippen molar-refractivity contribution in [3.05, 3.63) is 28.5 Å². The summed E-state index contributed by atoms with van der Waals surface area (Å²) >= 11 is 3.25. The van der Waals surface area contributed by atoms with Crippen molar-refractivity contribution in [2.75, 3.05) is 6.61 Å². The largest absolute Gasteiger partial charge is 0.465 e. The van der Waals surface area contributed by atoms with Crippen molar-refractivity contribution in [3.63, 3.8) is 0 Å². The number of hydrogen-bond donors (Lipinski definition) is 0. The first-order chi connectivity index (χ1) is 7.19. The molecule has 0 radical (unpaired) electrons. The lowest BCUT2D eigenvalue weighted by Gasteiger charge is -2.07. The molecule has 0 aliphatic rings. The average molecular weight is 269 g/mol. The summed E-state index contributed by atoms with van der Waals surface area (Å²) in [4.78, 5) is 15.3. The van der Waals surface area contributed by atoms with E-state index in [1.54, 1.807) is 19.1 Å². The van der Waals surface area contributed by atoms with Gasteiger partial charge in [0.15, 0.2) is 5.92 Å². The zero-order chi connectivity index (χ0) is 11.3. The molecule has 1 rings (SSSR count). The minimum atomic E-state index is -0.956. The van der Waals surface area contributed by atoms with E-state index in [0.29, 0.717) is 5.69 Å². The van der Waals surface area contributed by atoms with Crippen LogP contribution in [0.15, 0.2) is 22.8 Å². The topological polar surface area (TPSA) is 63.0 Å². The van der Waals surface area contributed by atoms with Crippen LogP contribution in [0.5, 0.6) is 0 Å². The number of halogens is 1. The van der Waals surface area contributed by atoms with Crippen molar-refractivity contribution in [1.82, 2.24) is 4.98 Å². The summed E-state index contributed by atoms with van der Waals surface area (Å²) in [5.41, 5.74) is 0.394. The molecule has 5 heteroatoms. The van der Waals surface area contributed by atoms with Crippen molar-refractivity contribution < 1.29 is 9.53 Å². The molecular weight excluding hydrogens is 260 g/mol. The van der Waals surface area contributed by atoms with Gasteiger partial charge in [0.2, 0.25) is 0 Å². The molecule has 1 heterocycles. The number of aromatic nitrogens is 1. The molecule has 4 nitrogen and oxygen atoms in total. The predicted octanol–water partition coefficient (Wildman–Crippen LogP) is 2.01. The lowest BCUT2D eigenvalue weighted by molar-refractivity contribution is -0.143. The summed E-state index contributed by atoms with van der Waals surface area (Å²) in [7, 11) is 0. The Balaban J connectivity index is 2.93. The Morgan fingerprint density at radius 1 is 1.80 bits per heavy atom. The van der Waals surface area contributed by atoms with Crippen LogP contribution < -0.4 is 0 Å². The number of rotatable bonds is 3. The summed E-state index contributed by atoms with van der Waals surface area (Å²) in [5.74, 6) is -1.52. The molecule has 0 aliphatic heterocycles. The van der Waals surface area contributed by atoms with Crippen LogP contribution in [-0.2, 0) is 9.53 Å². The van der Waals surface area contributed by atoms with Crippen LogP contribution >= 0.6 is 15.9 Å². The first kappa shape index (κ1) is 11.7. The number of pyridine rings is 1. The number of hydrogen-bond acceptors (Lipinski definition) is 4. The zero-order valence-electron chi connectivity index (χ0n) is 8.11. The fourth-order valence-corrected chi connectivity index (χ4v) is 1.40. The maximum atomic E-state index is 11.4. The van der Waals surface area contributed by atoms with Crippen molar-refractivity contribution in [3.8, 4) is 6.07 Å². The molecule has 0 aromatic carbocycles. The molecule has 78 valence electrons. The van der Waals surface area contributed by atoms with Crippen LogP contribution in [0.2, 0.25) is 0 Å². The molecule has 0 saturated carbocycles. The van der Waals surface area contributed by atoms with E-state index >= 15 is 0 Å². The molecule has 0 aliphatic carbocycles. The Labute approximate surface area is 96.0 Å². The molecule has 0 spiro atoms. The SMILES string of the molecule is CCOC(=O)C(C#N)c1cc(Br)ccn1. The van der Waals surface area contributed by atoms with Gasteiger partial charge in [0.1, 0.15) is 0 Å². The lowest BCUT2D eigenvalue weighted by atomic mass is 10.1. The van der Waals surface area contributed by atoms with Crippen LogP contribution in [0.4, 0.5) is 0 Å². The highest BCUT2D eigenvalue weighted by molar-refractivity contribution is 9.10. The van der Waals surface area contributed by atoms with E-state index in [2.05, 4.69) is 20.9 Å². The van der Waals surface area contributed by atoms with E-state index in [9.17, 15) is 4.79 Å². The van der Waals surface area contributed by atoms with E-state index in [-0.39, 0.29) is 6.61 Å². The van der Waals surface area contributed by atoms with E-state index in [0.717, 1.165) is 4.47 Å². The third-order valence-corrected chi connectivity index (χ3v) is 2.18. The standard InChI is InChI=1S/C10H9BrN2O2/c1-2-15-10(14)8(6-12)9-5-7(11)3-4-13-9/h3-5,8H,2H2,1H3. The van der Waals surface area contributed by atoms with Gasteiger partial charge >= 0.3 is 5.97 Å². The number of carbonyl (C=O) groups excluding carboxylic acids is 1. The maximum Gasteiger partial charge on any atom is 0.329 e. The highest BCUT2D eigenvalue weighted by Gasteiger charge is 2.22. The van der Waals surface area contributed by atoms with Gasteiger partial charge in [-0.2, -0.15) is 5.26 Å². The fraction of sp³-hybridized carbons (Fsp3) is 0.300. The Kier molecular flexibility index (Phi) is 4.25. The molecule has 0 saturated heterocycles. The fourth-order valence-electron chi connectivity index (χ4n) is 1.04. The summed E-state index contributed by atoms with van der Waals surface area (Å²) < 4.78 is 5.55. The minimum absolute atomic E-state index is 0.255. The van der Waals surface area contributed by atoms with E-state index in [1.165, 1.54) is 6.20 Å². The smallest absolute Gasteiger partial charge is 0.329 e. The molecule has 0 bridgehead atoms. The van der Waals surface area contributed by atoms with Gasteiger partial charge < -0.3 is 4.74 Å². The molecule has 1 aromatic heterocycles. The highest BCUT2D eigenvalue weighted by atomic mass is 79.9. The van der Waals surface area contributed by atoms with Crippen LogP contribution in [0.1, 0.15) is 18.5 Å². The van der Waals surface area contributed by atoms with Crippen LogP contribution in [-0.4, -0.2) is 17.6 Å². The number of ether oxygens (including phenoxy) is 1. The molecule has 1 aromatic rings. The number of nitrogens with zero attached hydrogens (tertiary/aromatic N) is 2. The van der Waals surface area contributed by atoms with Crippen LogP contribution in [0.25, 0.3) is 0 Å². The van der Waals surface area contributed by atoms with Gasteiger partial charge in [0, 0.05) is 10.7 Å². The van der Waals surface area contributed by atoms with Crippen LogP contribution in [0.3, 0.4) is 0 Å². The van der Waals surface area contributed by atoms with Gasteiger partial charge in [-0.1, -0.05) is 15.9 Å². The Morgan fingerprint density at radius 2 is 2.53 bits per heavy atom. The van der Waals surface area contributed by atoms with Gasteiger partial charge in [0.25, 0.3) is 0 Å². The average Bonchev–Trinajstić information content (AvgIpc) is 2.19. The number of carbonyl (C=O) groups is 1. The third-order valence-electron chi connectivity index (χ3n) is 1.69. The normalized spacial score (nSPS) is 11.5. The monoisotopic (exact) mass is 268 g/mol. The zero-order valence-corrected chi connectivity index (χ0v) is 9.69. The van der Waals surface area contributed by atoms with Crippen molar-refractivity contribution in [2.45, 2.75) is 12.8 Å². The minimum Gasteiger partial charge on any atom is -0.465 e. The molecule has 0 fully saturated rings. The number of nitriles is 1. The molecule has 1 unspecified atom stereocenters. The summed E-state index contributed by atoms with van der Waals surface area (Å²) in [6, 6.07) is 5.23.